The van der Waals surface area contributed by atoms with Gasteiger partial charge >= 0.3 is 0 Å². The highest BCUT2D eigenvalue weighted by molar-refractivity contribution is 5.79. The van der Waals surface area contributed by atoms with Crippen LogP contribution < -0.4 is 5.43 Å². The lowest BCUT2D eigenvalue weighted by Gasteiger charge is -2.08. The summed E-state index contributed by atoms with van der Waals surface area (Å²) in [6.07, 6.45) is 13.4. The summed E-state index contributed by atoms with van der Waals surface area (Å²) in [5, 5.41) is 0. The Bertz CT molecular complexity index is 952. The first kappa shape index (κ1) is 15.8. The van der Waals surface area contributed by atoms with Crippen LogP contribution in [0.1, 0.15) is 17.7 Å². The number of hydrogen-bond donors (Lipinski definition) is 0. The van der Waals surface area contributed by atoms with Crippen molar-refractivity contribution in [2.75, 3.05) is 0 Å². The molecule has 0 spiro atoms. The topological polar surface area (TPSA) is 43.1 Å². The first-order valence-corrected chi connectivity index (χ1v) is 7.24. The first-order chi connectivity index (χ1) is 11.6. The standard InChI is InChI=1S/C19H13F2NO2/c1-12-7-5-3-2-4-6-8-17-18(12)19(23)13(11-24-17)16-9-14(20)15(21)10-22-16/h2-3,5-11H,1,4H2/b3-2-,7-5-,8-6-. The number of rotatable bonds is 1. The van der Waals surface area contributed by atoms with E-state index in [0.29, 0.717) is 17.8 Å². The summed E-state index contributed by atoms with van der Waals surface area (Å²) in [4.78, 5) is 16.6. The van der Waals surface area contributed by atoms with Gasteiger partial charge in [-0.3, -0.25) is 9.78 Å². The third kappa shape index (κ3) is 3.01. The van der Waals surface area contributed by atoms with E-state index < -0.39 is 17.1 Å². The van der Waals surface area contributed by atoms with Gasteiger partial charge in [0, 0.05) is 6.07 Å². The molecule has 3 nitrogen and oxygen atoms in total. The second-order valence-electron chi connectivity index (χ2n) is 5.15. The molecule has 0 saturated carbocycles. The van der Waals surface area contributed by atoms with Gasteiger partial charge in [-0.25, -0.2) is 8.78 Å². The van der Waals surface area contributed by atoms with Crippen LogP contribution >= 0.6 is 0 Å². The maximum absolute atomic E-state index is 13.4. The van der Waals surface area contributed by atoms with E-state index in [1.807, 2.05) is 18.2 Å². The minimum absolute atomic E-state index is 0.00296. The predicted octanol–water partition coefficient (Wildman–Crippen LogP) is 4.52. The van der Waals surface area contributed by atoms with Crippen LogP contribution in [0, 0.1) is 11.6 Å². The molecular formula is C19H13F2NO2. The molecule has 0 aromatic carbocycles. The van der Waals surface area contributed by atoms with Gasteiger partial charge in [-0.2, -0.15) is 0 Å². The molecule has 2 aromatic heterocycles. The largest absolute Gasteiger partial charge is 0.463 e. The van der Waals surface area contributed by atoms with Crippen molar-refractivity contribution < 1.29 is 13.2 Å². The zero-order valence-corrected chi connectivity index (χ0v) is 12.6. The SMILES string of the molecule is C=C1/C=C\C=C/C/C=C\c2occ(-c3cc(F)c(F)cn3)c(=O)c21. The van der Waals surface area contributed by atoms with Crippen molar-refractivity contribution in [3.63, 3.8) is 0 Å². The van der Waals surface area contributed by atoms with Gasteiger partial charge in [0.05, 0.1) is 23.0 Å². The number of nitrogens with zero attached hydrogens (tertiary/aromatic N) is 1. The average Bonchev–Trinajstić information content (AvgIpc) is 2.56. The summed E-state index contributed by atoms with van der Waals surface area (Å²) >= 11 is 0. The van der Waals surface area contributed by atoms with E-state index in [9.17, 15) is 13.6 Å². The van der Waals surface area contributed by atoms with Gasteiger partial charge in [-0.05, 0) is 18.1 Å². The number of pyridine rings is 1. The van der Waals surface area contributed by atoms with Crippen LogP contribution in [0.25, 0.3) is 22.9 Å². The molecule has 24 heavy (non-hydrogen) atoms. The normalized spacial score (nSPS) is 17.8. The maximum atomic E-state index is 13.4. The number of hydrogen-bond acceptors (Lipinski definition) is 3. The Labute approximate surface area is 137 Å². The molecule has 2 heterocycles. The van der Waals surface area contributed by atoms with Crippen LogP contribution in [0.2, 0.25) is 0 Å². The molecule has 2 aromatic rings. The van der Waals surface area contributed by atoms with Gasteiger partial charge in [-0.15, -0.1) is 0 Å². The monoisotopic (exact) mass is 325 g/mol. The van der Waals surface area contributed by atoms with Crippen LogP contribution in [0.4, 0.5) is 8.78 Å². The molecule has 1 aliphatic carbocycles. The molecule has 0 bridgehead atoms. The fourth-order valence-corrected chi connectivity index (χ4v) is 2.31. The van der Waals surface area contributed by atoms with E-state index in [1.165, 1.54) is 6.26 Å². The molecule has 120 valence electrons. The summed E-state index contributed by atoms with van der Waals surface area (Å²) in [7, 11) is 0. The molecule has 0 unspecified atom stereocenters. The van der Waals surface area contributed by atoms with Gasteiger partial charge in [-0.1, -0.05) is 37.0 Å². The van der Waals surface area contributed by atoms with E-state index in [1.54, 1.807) is 18.2 Å². The van der Waals surface area contributed by atoms with Crippen molar-refractivity contribution in [3.05, 3.63) is 88.7 Å². The quantitative estimate of drug-likeness (QED) is 0.774. The van der Waals surface area contributed by atoms with Gasteiger partial charge < -0.3 is 4.42 Å². The van der Waals surface area contributed by atoms with Crippen LogP contribution in [0.5, 0.6) is 0 Å². The Morgan fingerprint density at radius 2 is 1.96 bits per heavy atom. The number of fused-ring (bicyclic) bond motifs is 1. The molecule has 0 atom stereocenters. The maximum Gasteiger partial charge on any atom is 0.202 e. The zero-order valence-electron chi connectivity index (χ0n) is 12.6. The molecule has 0 amide bonds. The van der Waals surface area contributed by atoms with Crippen LogP contribution in [-0.4, -0.2) is 4.98 Å². The summed E-state index contributed by atoms with van der Waals surface area (Å²) in [5.74, 6) is -1.80. The summed E-state index contributed by atoms with van der Waals surface area (Å²) in [5.41, 5.74) is 0.367. The van der Waals surface area contributed by atoms with Crippen molar-refractivity contribution in [2.24, 2.45) is 0 Å². The molecule has 0 fully saturated rings. The Kier molecular flexibility index (Phi) is 4.33. The molecule has 0 N–H and O–H groups in total. The lowest BCUT2D eigenvalue weighted by atomic mass is 10.0. The highest BCUT2D eigenvalue weighted by Crippen LogP contribution is 2.23. The smallest absolute Gasteiger partial charge is 0.202 e. The minimum atomic E-state index is -1.08. The highest BCUT2D eigenvalue weighted by Gasteiger charge is 2.17. The van der Waals surface area contributed by atoms with Crippen molar-refractivity contribution in [1.82, 2.24) is 4.98 Å². The Morgan fingerprint density at radius 1 is 1.12 bits per heavy atom. The van der Waals surface area contributed by atoms with Crippen LogP contribution in [0.15, 0.2) is 64.7 Å². The zero-order chi connectivity index (χ0) is 17.1. The Hall–Kier alpha value is -3.08. The number of halogens is 2. The molecule has 5 heteroatoms. The van der Waals surface area contributed by atoms with Crippen molar-refractivity contribution >= 4 is 11.6 Å². The van der Waals surface area contributed by atoms with E-state index in [0.717, 1.165) is 12.3 Å². The van der Waals surface area contributed by atoms with Gasteiger partial charge in [0.1, 0.15) is 12.0 Å². The molecule has 1 aliphatic rings. The highest BCUT2D eigenvalue weighted by atomic mass is 19.2. The Morgan fingerprint density at radius 3 is 2.75 bits per heavy atom. The third-order valence-electron chi connectivity index (χ3n) is 3.51. The fourth-order valence-electron chi connectivity index (χ4n) is 2.31. The van der Waals surface area contributed by atoms with Crippen LogP contribution in [0.3, 0.4) is 0 Å². The molecule has 0 radical (unpaired) electrons. The fraction of sp³-hybridized carbons (Fsp3) is 0.0526. The van der Waals surface area contributed by atoms with Crippen molar-refractivity contribution in [3.8, 4) is 11.3 Å². The molecule has 0 aliphatic heterocycles. The average molecular weight is 325 g/mol. The molecule has 3 rings (SSSR count). The number of allylic oxidation sites excluding steroid dienone is 6. The second-order valence-corrected chi connectivity index (χ2v) is 5.15. The second kappa shape index (κ2) is 6.58. The van der Waals surface area contributed by atoms with E-state index in [-0.39, 0.29) is 16.8 Å². The summed E-state index contributed by atoms with van der Waals surface area (Å²) in [6, 6.07) is 0.866. The summed E-state index contributed by atoms with van der Waals surface area (Å²) < 4.78 is 32.0. The first-order valence-electron chi connectivity index (χ1n) is 7.24. The predicted molar refractivity (Wildman–Crippen MR) is 89.1 cm³/mol. The van der Waals surface area contributed by atoms with Gasteiger partial charge in [0.25, 0.3) is 0 Å². The summed E-state index contributed by atoms with van der Waals surface area (Å²) in [6.45, 7) is 3.89. The lowest BCUT2D eigenvalue weighted by molar-refractivity contribution is 0.504. The number of aromatic nitrogens is 1. The third-order valence-corrected chi connectivity index (χ3v) is 3.51. The van der Waals surface area contributed by atoms with Crippen LogP contribution in [-0.2, 0) is 0 Å². The minimum Gasteiger partial charge on any atom is -0.463 e. The van der Waals surface area contributed by atoms with Gasteiger partial charge in [0.2, 0.25) is 5.43 Å². The van der Waals surface area contributed by atoms with E-state index in [2.05, 4.69) is 11.6 Å². The van der Waals surface area contributed by atoms with E-state index >= 15 is 0 Å². The van der Waals surface area contributed by atoms with Gasteiger partial charge in [0.15, 0.2) is 11.6 Å². The van der Waals surface area contributed by atoms with Crippen molar-refractivity contribution in [2.45, 2.75) is 6.42 Å². The molecular weight excluding hydrogens is 312 g/mol. The molecule has 0 saturated heterocycles. The van der Waals surface area contributed by atoms with Crippen molar-refractivity contribution in [1.29, 1.82) is 0 Å². The lowest BCUT2D eigenvalue weighted by Crippen LogP contribution is -2.13. The Balaban J connectivity index is 2.21. The van der Waals surface area contributed by atoms with E-state index in [4.69, 9.17) is 4.42 Å².